The molecule has 11 aromatic rings. The Morgan fingerprint density at radius 2 is 1.10 bits per heavy atom. The van der Waals surface area contributed by atoms with Gasteiger partial charge in [0.15, 0.2) is 0 Å². The van der Waals surface area contributed by atoms with Gasteiger partial charge in [0, 0.05) is 84.5 Å². The third kappa shape index (κ3) is 4.11. The Bertz CT molecular complexity index is 3310. The molecule has 4 heteroatoms. The molecule has 0 aliphatic heterocycles. The van der Waals surface area contributed by atoms with Crippen molar-refractivity contribution in [1.82, 2.24) is 9.13 Å². The summed E-state index contributed by atoms with van der Waals surface area (Å²) in [5.74, 6) is 0. The number of thiophene rings is 2. The van der Waals surface area contributed by atoms with Gasteiger partial charge in [0.25, 0.3) is 0 Å². The molecule has 0 bridgehead atoms. The van der Waals surface area contributed by atoms with Gasteiger partial charge < -0.3 is 9.13 Å². The fraction of sp³-hybridized carbons (Fsp3) is 0.0638. The topological polar surface area (TPSA) is 9.86 Å². The number of aromatic nitrogens is 2. The van der Waals surface area contributed by atoms with Gasteiger partial charge in [-0.1, -0.05) is 67.6 Å². The maximum Gasteiger partial charge on any atom is 0.0631 e. The van der Waals surface area contributed by atoms with Crippen LogP contribution in [0.15, 0.2) is 121 Å². The first-order chi connectivity index (χ1) is 25.2. The van der Waals surface area contributed by atoms with Gasteiger partial charge in [0.05, 0.1) is 16.6 Å². The SMILES string of the molecule is C/C=c1\c(=C/CC)c2ccccc2n1-c1ccc2sc3cc4cc5sc6ccc(-n7c8cc#ccc8c8ccccc87)cc6c5cc4cc3c2c1. The summed E-state index contributed by atoms with van der Waals surface area (Å²) in [6, 6.07) is 51.5. The number of hydrogen-bond donors (Lipinski definition) is 0. The molecule has 0 aliphatic rings. The summed E-state index contributed by atoms with van der Waals surface area (Å²) in [5.41, 5.74) is 5.98. The van der Waals surface area contributed by atoms with Crippen LogP contribution in [0.25, 0.3) is 107 Å². The molecule has 240 valence electrons. The Balaban J connectivity index is 1.12. The Morgan fingerprint density at radius 3 is 1.76 bits per heavy atom. The third-order valence-electron chi connectivity index (χ3n) is 10.6. The molecule has 0 unspecified atom stereocenters. The molecule has 0 aliphatic carbocycles. The maximum atomic E-state index is 3.20. The molecule has 0 spiro atoms. The van der Waals surface area contributed by atoms with E-state index >= 15 is 0 Å². The first kappa shape index (κ1) is 28.9. The van der Waals surface area contributed by atoms with Crippen LogP contribution in [-0.2, 0) is 0 Å². The van der Waals surface area contributed by atoms with Crippen molar-refractivity contribution in [2.24, 2.45) is 0 Å². The molecule has 0 fully saturated rings. The van der Waals surface area contributed by atoms with Gasteiger partial charge in [-0.25, -0.2) is 0 Å². The van der Waals surface area contributed by atoms with Crippen molar-refractivity contribution in [3.8, 4) is 11.4 Å². The van der Waals surface area contributed by atoms with Crippen molar-refractivity contribution in [1.29, 1.82) is 0 Å². The quantitative estimate of drug-likeness (QED) is 0.175. The number of benzene rings is 6. The van der Waals surface area contributed by atoms with E-state index < -0.39 is 0 Å². The molecule has 7 aromatic carbocycles. The van der Waals surface area contributed by atoms with Gasteiger partial charge in [0.1, 0.15) is 0 Å². The first-order valence-electron chi connectivity index (χ1n) is 17.5. The number of hydrogen-bond acceptors (Lipinski definition) is 2. The predicted molar refractivity (Wildman–Crippen MR) is 223 cm³/mol. The van der Waals surface area contributed by atoms with Gasteiger partial charge >= 0.3 is 0 Å². The minimum atomic E-state index is 1.00. The number of para-hydroxylation sites is 2. The van der Waals surface area contributed by atoms with E-state index in [1.54, 1.807) is 0 Å². The molecule has 0 radical (unpaired) electrons. The highest BCUT2D eigenvalue weighted by Gasteiger charge is 2.16. The third-order valence-corrected chi connectivity index (χ3v) is 12.9. The van der Waals surface area contributed by atoms with Crippen molar-refractivity contribution >= 4 is 119 Å². The van der Waals surface area contributed by atoms with Crippen molar-refractivity contribution in [2.75, 3.05) is 0 Å². The second kappa shape index (κ2) is 10.8. The van der Waals surface area contributed by atoms with Crippen LogP contribution in [0.3, 0.4) is 0 Å². The Labute approximate surface area is 302 Å². The fourth-order valence-corrected chi connectivity index (χ4v) is 10.6. The highest BCUT2D eigenvalue weighted by atomic mass is 32.1. The minimum Gasteiger partial charge on any atom is -0.310 e. The standard InChI is InChI=1S/C47H30N2S2/c1-3-11-32-33-12-5-8-15-41(33)48(40(32)4-2)30-18-20-44-38(26-30)36-22-28-23-37-39-27-31(19-21-45(39)51-47(37)25-29(28)24-46(36)50-44)49-42-16-9-6-13-34(42)35-14-7-10-17-43(35)49/h4-6,8-9,11-27H,3H2,1-2H3/b32-11-,40-4+. The van der Waals surface area contributed by atoms with Crippen LogP contribution in [0.5, 0.6) is 0 Å². The molecule has 4 aromatic heterocycles. The zero-order valence-corrected chi connectivity index (χ0v) is 29.8. The van der Waals surface area contributed by atoms with E-state index in [0.29, 0.717) is 0 Å². The second-order valence-electron chi connectivity index (χ2n) is 13.4. The predicted octanol–water partition coefficient (Wildman–Crippen LogP) is 12.2. The van der Waals surface area contributed by atoms with Gasteiger partial charge in [-0.3, -0.25) is 0 Å². The normalized spacial score (nSPS) is 13.1. The van der Waals surface area contributed by atoms with Gasteiger partial charge in [-0.2, -0.15) is 0 Å². The average molecular weight is 687 g/mol. The van der Waals surface area contributed by atoms with Crippen molar-refractivity contribution in [3.63, 3.8) is 0 Å². The summed E-state index contributed by atoms with van der Waals surface area (Å²) in [5, 5.41) is 14.1. The van der Waals surface area contributed by atoms with Crippen LogP contribution in [0.1, 0.15) is 20.3 Å². The Kier molecular flexibility index (Phi) is 6.14. The van der Waals surface area contributed by atoms with Crippen LogP contribution in [0.2, 0.25) is 0 Å². The molecule has 51 heavy (non-hydrogen) atoms. The van der Waals surface area contributed by atoms with Crippen molar-refractivity contribution < 1.29 is 0 Å². The Hall–Kier alpha value is -5.86. The smallest absolute Gasteiger partial charge is 0.0631 e. The highest BCUT2D eigenvalue weighted by Crippen LogP contribution is 2.42. The van der Waals surface area contributed by atoms with E-state index in [-0.39, 0.29) is 0 Å². The lowest BCUT2D eigenvalue weighted by Crippen LogP contribution is -2.28. The summed E-state index contributed by atoms with van der Waals surface area (Å²) in [6.07, 6.45) is 5.61. The van der Waals surface area contributed by atoms with Crippen LogP contribution in [0, 0.1) is 12.1 Å². The van der Waals surface area contributed by atoms with Crippen molar-refractivity contribution in [2.45, 2.75) is 20.3 Å². The summed E-state index contributed by atoms with van der Waals surface area (Å²) < 4.78 is 10.1. The molecule has 0 atom stereocenters. The van der Waals surface area contributed by atoms with E-state index in [1.165, 1.54) is 100 Å². The summed E-state index contributed by atoms with van der Waals surface area (Å²) >= 11 is 3.78. The summed E-state index contributed by atoms with van der Waals surface area (Å²) in [7, 11) is 0. The molecule has 0 amide bonds. The lowest BCUT2D eigenvalue weighted by atomic mass is 10.0. The van der Waals surface area contributed by atoms with Crippen LogP contribution >= 0.6 is 22.7 Å². The average Bonchev–Trinajstić information content (AvgIpc) is 3.90. The van der Waals surface area contributed by atoms with Gasteiger partial charge in [0.2, 0.25) is 0 Å². The van der Waals surface area contributed by atoms with E-state index in [1.807, 2.05) is 22.7 Å². The van der Waals surface area contributed by atoms with Crippen LogP contribution in [0.4, 0.5) is 0 Å². The molecule has 2 nitrogen and oxygen atoms in total. The summed E-state index contributed by atoms with van der Waals surface area (Å²) in [4.78, 5) is 0. The van der Waals surface area contributed by atoms with Gasteiger partial charge in [-0.05, 0) is 103 Å². The molecule has 0 saturated heterocycles. The Morgan fingerprint density at radius 1 is 0.529 bits per heavy atom. The zero-order valence-electron chi connectivity index (χ0n) is 28.1. The molecular formula is C47H30N2S2. The van der Waals surface area contributed by atoms with Crippen molar-refractivity contribution in [3.05, 3.63) is 144 Å². The molecular weight excluding hydrogens is 657 g/mol. The fourth-order valence-electron chi connectivity index (χ4n) is 8.39. The zero-order chi connectivity index (χ0) is 33.8. The second-order valence-corrected chi connectivity index (χ2v) is 15.6. The lowest BCUT2D eigenvalue weighted by molar-refractivity contribution is 1.07. The number of fused-ring (bicyclic) bond motifs is 11. The van der Waals surface area contributed by atoms with E-state index in [2.05, 4.69) is 169 Å². The first-order valence-corrected chi connectivity index (χ1v) is 19.2. The molecule has 4 heterocycles. The summed E-state index contributed by atoms with van der Waals surface area (Å²) in [6.45, 7) is 4.37. The van der Waals surface area contributed by atoms with E-state index in [0.717, 1.165) is 11.9 Å². The van der Waals surface area contributed by atoms with Gasteiger partial charge in [-0.15, -0.1) is 22.7 Å². The number of nitrogens with zero attached hydrogens (tertiary/aromatic N) is 2. The molecule has 11 rings (SSSR count). The van der Waals surface area contributed by atoms with E-state index in [9.17, 15) is 0 Å². The van der Waals surface area contributed by atoms with E-state index in [4.69, 9.17) is 0 Å². The van der Waals surface area contributed by atoms with Crippen LogP contribution in [-0.4, -0.2) is 9.13 Å². The molecule has 0 N–H and O–H groups in total. The number of rotatable bonds is 3. The monoisotopic (exact) mass is 686 g/mol. The van der Waals surface area contributed by atoms with Crippen LogP contribution < -0.4 is 10.6 Å². The minimum absolute atomic E-state index is 1.00. The maximum absolute atomic E-state index is 3.20. The molecule has 0 saturated carbocycles. The largest absolute Gasteiger partial charge is 0.310 e. The lowest BCUT2D eigenvalue weighted by Gasteiger charge is -2.08. The highest BCUT2D eigenvalue weighted by molar-refractivity contribution is 7.26.